The maximum atomic E-state index is 10.3. The van der Waals surface area contributed by atoms with Crippen LogP contribution in [0.2, 0.25) is 0 Å². The summed E-state index contributed by atoms with van der Waals surface area (Å²) in [6.45, 7) is 8.22. The molecule has 0 atom stereocenters. The van der Waals surface area contributed by atoms with Crippen LogP contribution in [0.1, 0.15) is 47.0 Å². The molecule has 1 nitrogen and oxygen atoms in total. The second-order valence-electron chi connectivity index (χ2n) is 4.17. The smallest absolute Gasteiger partial charge is 0.145 e. The molecule has 0 amide bonds. The van der Waals surface area contributed by atoms with E-state index in [4.69, 9.17) is 0 Å². The molecule has 0 bridgehead atoms. The van der Waals surface area contributed by atoms with Crippen LogP contribution in [0.15, 0.2) is 34.9 Å². The largest absolute Gasteiger partial charge is 0.298 e. The molecule has 0 aliphatic heterocycles. The van der Waals surface area contributed by atoms with Crippen molar-refractivity contribution >= 4 is 6.29 Å². The number of rotatable bonds is 6. The maximum absolute atomic E-state index is 10.3. The summed E-state index contributed by atoms with van der Waals surface area (Å²) in [4.78, 5) is 10.3. The van der Waals surface area contributed by atoms with E-state index < -0.39 is 0 Å². The summed E-state index contributed by atoms with van der Waals surface area (Å²) < 4.78 is 0. The summed E-state index contributed by atoms with van der Waals surface area (Å²) in [6.07, 6.45) is 10.4. The highest BCUT2D eigenvalue weighted by Crippen LogP contribution is 2.08. The van der Waals surface area contributed by atoms with Crippen molar-refractivity contribution in [3.63, 3.8) is 0 Å². The Bertz CT molecular complexity index is 276. The standard InChI is InChI=1S/C14H22O/c1-12(2)7-5-8-13(3)9-6-10-14(4)11-15/h7,9-11H,5-6,8H2,1-4H3. The first-order valence-corrected chi connectivity index (χ1v) is 5.47. The highest BCUT2D eigenvalue weighted by Gasteiger charge is 1.88. The van der Waals surface area contributed by atoms with Crippen molar-refractivity contribution in [2.24, 2.45) is 0 Å². The normalized spacial score (nSPS) is 12.5. The fourth-order valence-electron chi connectivity index (χ4n) is 1.18. The minimum Gasteiger partial charge on any atom is -0.298 e. The lowest BCUT2D eigenvalue weighted by Crippen LogP contribution is -1.79. The second-order valence-corrected chi connectivity index (χ2v) is 4.17. The van der Waals surface area contributed by atoms with Gasteiger partial charge >= 0.3 is 0 Å². The number of carbonyl (C=O) groups is 1. The summed E-state index contributed by atoms with van der Waals surface area (Å²) in [5, 5.41) is 0. The van der Waals surface area contributed by atoms with Gasteiger partial charge in [0.25, 0.3) is 0 Å². The van der Waals surface area contributed by atoms with Crippen LogP contribution in [0.25, 0.3) is 0 Å². The van der Waals surface area contributed by atoms with E-state index in [-0.39, 0.29) is 0 Å². The van der Waals surface area contributed by atoms with Crippen LogP contribution in [0, 0.1) is 0 Å². The molecule has 0 unspecified atom stereocenters. The van der Waals surface area contributed by atoms with Crippen LogP contribution in [-0.4, -0.2) is 6.29 Å². The maximum Gasteiger partial charge on any atom is 0.145 e. The molecule has 0 radical (unpaired) electrons. The SMILES string of the molecule is CC(C)=CCCC(C)=CCC=C(C)C=O. The molecule has 0 heterocycles. The van der Waals surface area contributed by atoms with Gasteiger partial charge in [0.1, 0.15) is 6.29 Å². The molecule has 84 valence electrons. The number of allylic oxidation sites excluding steroid dienone is 6. The van der Waals surface area contributed by atoms with E-state index in [1.165, 1.54) is 11.1 Å². The Morgan fingerprint density at radius 3 is 2.20 bits per heavy atom. The molecule has 0 N–H and O–H groups in total. The zero-order valence-electron chi connectivity index (χ0n) is 10.3. The number of hydrogen-bond acceptors (Lipinski definition) is 1. The molecule has 0 aromatic rings. The monoisotopic (exact) mass is 206 g/mol. The van der Waals surface area contributed by atoms with E-state index in [0.29, 0.717) is 0 Å². The first kappa shape index (κ1) is 13.9. The van der Waals surface area contributed by atoms with Crippen LogP contribution < -0.4 is 0 Å². The lowest BCUT2D eigenvalue weighted by Gasteiger charge is -1.97. The molecule has 15 heavy (non-hydrogen) atoms. The number of aldehydes is 1. The van der Waals surface area contributed by atoms with Crippen molar-refractivity contribution in [2.75, 3.05) is 0 Å². The first-order chi connectivity index (χ1) is 7.06. The molecule has 1 heteroatoms. The first-order valence-electron chi connectivity index (χ1n) is 5.47. The predicted octanol–water partition coefficient (Wildman–Crippen LogP) is 4.21. The summed E-state index contributed by atoms with van der Waals surface area (Å²) in [7, 11) is 0. The zero-order valence-corrected chi connectivity index (χ0v) is 10.3. The number of carbonyl (C=O) groups excluding carboxylic acids is 1. The topological polar surface area (TPSA) is 17.1 Å². The van der Waals surface area contributed by atoms with Crippen molar-refractivity contribution in [2.45, 2.75) is 47.0 Å². The molecule has 0 aromatic heterocycles. The highest BCUT2D eigenvalue weighted by atomic mass is 16.1. The average molecular weight is 206 g/mol. The van der Waals surface area contributed by atoms with Crippen LogP contribution in [0.4, 0.5) is 0 Å². The molecular formula is C14H22O. The molecule has 0 saturated heterocycles. The van der Waals surface area contributed by atoms with Gasteiger partial charge in [-0.05, 0) is 52.5 Å². The Hall–Kier alpha value is -1.11. The van der Waals surface area contributed by atoms with Crippen LogP contribution in [0.5, 0.6) is 0 Å². The van der Waals surface area contributed by atoms with E-state index in [0.717, 1.165) is 31.1 Å². The van der Waals surface area contributed by atoms with E-state index in [1.54, 1.807) is 0 Å². The Morgan fingerprint density at radius 1 is 1.00 bits per heavy atom. The van der Waals surface area contributed by atoms with Crippen LogP contribution in [-0.2, 0) is 4.79 Å². The molecule has 0 aromatic carbocycles. The fourth-order valence-corrected chi connectivity index (χ4v) is 1.18. The molecule has 0 fully saturated rings. The molecule has 0 aliphatic carbocycles. The Labute approximate surface area is 93.6 Å². The van der Waals surface area contributed by atoms with Gasteiger partial charge in [-0.3, -0.25) is 4.79 Å². The van der Waals surface area contributed by atoms with Gasteiger partial charge in [0.2, 0.25) is 0 Å². The Kier molecular flexibility index (Phi) is 7.61. The van der Waals surface area contributed by atoms with E-state index in [2.05, 4.69) is 32.9 Å². The highest BCUT2D eigenvalue weighted by molar-refractivity contribution is 5.71. The minimum absolute atomic E-state index is 0.809. The summed E-state index contributed by atoms with van der Waals surface area (Å²) >= 11 is 0. The molecular weight excluding hydrogens is 184 g/mol. The van der Waals surface area contributed by atoms with E-state index in [1.807, 2.05) is 13.0 Å². The van der Waals surface area contributed by atoms with Gasteiger partial charge in [-0.15, -0.1) is 0 Å². The van der Waals surface area contributed by atoms with Gasteiger partial charge in [-0.1, -0.05) is 29.4 Å². The van der Waals surface area contributed by atoms with Crippen molar-refractivity contribution in [1.29, 1.82) is 0 Å². The Morgan fingerprint density at radius 2 is 1.67 bits per heavy atom. The van der Waals surface area contributed by atoms with E-state index >= 15 is 0 Å². The predicted molar refractivity (Wildman–Crippen MR) is 66.9 cm³/mol. The fraction of sp³-hybridized carbons (Fsp3) is 0.500. The second kappa shape index (κ2) is 8.22. The molecule has 0 spiro atoms. The third-order valence-corrected chi connectivity index (χ3v) is 2.18. The van der Waals surface area contributed by atoms with Crippen molar-refractivity contribution in [3.8, 4) is 0 Å². The van der Waals surface area contributed by atoms with Crippen molar-refractivity contribution in [1.82, 2.24) is 0 Å². The van der Waals surface area contributed by atoms with Gasteiger partial charge in [0.05, 0.1) is 0 Å². The quantitative estimate of drug-likeness (QED) is 0.361. The zero-order chi connectivity index (χ0) is 11.7. The van der Waals surface area contributed by atoms with Crippen molar-refractivity contribution < 1.29 is 4.79 Å². The Balaban J connectivity index is 3.89. The van der Waals surface area contributed by atoms with Gasteiger partial charge in [-0.2, -0.15) is 0 Å². The summed E-state index contributed by atoms with van der Waals surface area (Å²) in [6, 6.07) is 0. The van der Waals surface area contributed by atoms with Gasteiger partial charge in [0, 0.05) is 0 Å². The summed E-state index contributed by atoms with van der Waals surface area (Å²) in [5.74, 6) is 0. The van der Waals surface area contributed by atoms with Gasteiger partial charge in [0.15, 0.2) is 0 Å². The molecule has 0 rings (SSSR count). The van der Waals surface area contributed by atoms with Gasteiger partial charge in [-0.25, -0.2) is 0 Å². The van der Waals surface area contributed by atoms with Crippen LogP contribution in [0.3, 0.4) is 0 Å². The molecule has 0 saturated carbocycles. The third-order valence-electron chi connectivity index (χ3n) is 2.18. The number of hydrogen-bond donors (Lipinski definition) is 0. The average Bonchev–Trinajstić information content (AvgIpc) is 2.17. The van der Waals surface area contributed by atoms with Crippen molar-refractivity contribution in [3.05, 3.63) is 34.9 Å². The summed E-state index contributed by atoms with van der Waals surface area (Å²) in [5.41, 5.74) is 3.57. The molecule has 0 aliphatic rings. The third kappa shape index (κ3) is 9.20. The van der Waals surface area contributed by atoms with Crippen LogP contribution >= 0.6 is 0 Å². The minimum atomic E-state index is 0.809. The van der Waals surface area contributed by atoms with E-state index in [9.17, 15) is 4.79 Å². The van der Waals surface area contributed by atoms with Gasteiger partial charge < -0.3 is 0 Å². The lowest BCUT2D eigenvalue weighted by atomic mass is 10.1. The lowest BCUT2D eigenvalue weighted by molar-refractivity contribution is -0.104.